The van der Waals surface area contributed by atoms with Gasteiger partial charge in [-0.15, -0.1) is 0 Å². The third-order valence-corrected chi connectivity index (χ3v) is 5.31. The van der Waals surface area contributed by atoms with Gasteiger partial charge in [-0.1, -0.05) is 17.3 Å². The lowest BCUT2D eigenvalue weighted by molar-refractivity contribution is 0.360. The number of hydrogen-bond donors (Lipinski definition) is 1. The van der Waals surface area contributed by atoms with E-state index in [0.717, 1.165) is 16.9 Å². The number of benzene rings is 2. The maximum absolute atomic E-state index is 11.5. The summed E-state index contributed by atoms with van der Waals surface area (Å²) >= 11 is 0. The van der Waals surface area contributed by atoms with Gasteiger partial charge >= 0.3 is 0 Å². The third-order valence-electron chi connectivity index (χ3n) is 4.18. The van der Waals surface area contributed by atoms with Gasteiger partial charge in [-0.3, -0.25) is 0 Å². The molecular weight excluding hydrogens is 366 g/mol. The van der Waals surface area contributed by atoms with Crippen LogP contribution in [0, 0.1) is 0 Å². The second-order valence-corrected chi connectivity index (χ2v) is 8.20. The van der Waals surface area contributed by atoms with Crippen LogP contribution in [0.5, 0.6) is 5.75 Å². The molecule has 3 rings (SSSR count). The fourth-order valence-electron chi connectivity index (χ4n) is 2.55. The predicted octanol–water partition coefficient (Wildman–Crippen LogP) is 3.00. The molecule has 7 nitrogen and oxygen atoms in total. The van der Waals surface area contributed by atoms with E-state index in [1.807, 2.05) is 31.2 Å². The zero-order chi connectivity index (χ0) is 19.4. The molecule has 3 aromatic rings. The van der Waals surface area contributed by atoms with Crippen molar-refractivity contribution in [2.45, 2.75) is 24.4 Å². The van der Waals surface area contributed by atoms with Crippen molar-refractivity contribution >= 4 is 9.84 Å². The van der Waals surface area contributed by atoms with Crippen molar-refractivity contribution in [3.8, 4) is 17.1 Å². The summed E-state index contributed by atoms with van der Waals surface area (Å²) in [5.74, 6) is 1.75. The molecule has 8 heteroatoms. The molecule has 1 unspecified atom stereocenters. The van der Waals surface area contributed by atoms with Crippen molar-refractivity contribution < 1.29 is 17.7 Å². The second kappa shape index (κ2) is 7.89. The fraction of sp³-hybridized carbons (Fsp3) is 0.263. The molecule has 0 fully saturated rings. The van der Waals surface area contributed by atoms with Gasteiger partial charge in [0.05, 0.1) is 18.6 Å². The van der Waals surface area contributed by atoms with Crippen molar-refractivity contribution in [3.05, 3.63) is 60.0 Å². The zero-order valence-corrected chi connectivity index (χ0v) is 16.2. The highest BCUT2D eigenvalue weighted by molar-refractivity contribution is 7.90. The summed E-state index contributed by atoms with van der Waals surface area (Å²) in [5.41, 5.74) is 1.81. The van der Waals surface area contributed by atoms with Gasteiger partial charge in [-0.2, -0.15) is 4.98 Å². The van der Waals surface area contributed by atoms with Crippen molar-refractivity contribution in [1.82, 2.24) is 15.5 Å². The van der Waals surface area contributed by atoms with Gasteiger partial charge in [0.2, 0.25) is 11.7 Å². The van der Waals surface area contributed by atoms with Crippen LogP contribution in [0.1, 0.15) is 24.4 Å². The molecule has 0 aliphatic carbocycles. The number of rotatable bonds is 7. The van der Waals surface area contributed by atoms with E-state index in [9.17, 15) is 8.42 Å². The minimum absolute atomic E-state index is 0.00468. The average Bonchev–Trinajstić information content (AvgIpc) is 3.14. The van der Waals surface area contributed by atoms with Crippen LogP contribution >= 0.6 is 0 Å². The second-order valence-electron chi connectivity index (χ2n) is 6.18. The first-order valence-corrected chi connectivity index (χ1v) is 10.3. The average molecular weight is 387 g/mol. The molecule has 0 amide bonds. The number of nitrogens with zero attached hydrogens (tertiary/aromatic N) is 2. The van der Waals surface area contributed by atoms with Gasteiger partial charge in [0.1, 0.15) is 5.75 Å². The molecule has 0 bridgehead atoms. The molecule has 0 saturated heterocycles. The maximum Gasteiger partial charge on any atom is 0.240 e. The standard InChI is InChI=1S/C19H21N3O4S/c1-13(14-6-10-17(11-7-14)27(3,23)24)20-12-18-21-19(22-26-18)15-4-8-16(25-2)9-5-15/h4-11,13,20H,12H2,1-3H3. The van der Waals surface area contributed by atoms with Crippen molar-refractivity contribution in [3.63, 3.8) is 0 Å². The largest absolute Gasteiger partial charge is 0.497 e. The first-order valence-electron chi connectivity index (χ1n) is 8.37. The van der Waals surface area contributed by atoms with Crippen molar-refractivity contribution in [1.29, 1.82) is 0 Å². The van der Waals surface area contributed by atoms with Crippen molar-refractivity contribution in [2.24, 2.45) is 0 Å². The SMILES string of the molecule is COc1ccc(-c2noc(CNC(C)c3ccc(S(C)(=O)=O)cc3)n2)cc1. The number of hydrogen-bond acceptors (Lipinski definition) is 7. The number of aromatic nitrogens is 2. The van der Waals surface area contributed by atoms with E-state index in [-0.39, 0.29) is 6.04 Å². The smallest absolute Gasteiger partial charge is 0.240 e. The molecule has 0 aliphatic heterocycles. The van der Waals surface area contributed by atoms with E-state index < -0.39 is 9.84 Å². The maximum atomic E-state index is 11.5. The highest BCUT2D eigenvalue weighted by Gasteiger charge is 2.12. The first kappa shape index (κ1) is 19.1. The van der Waals surface area contributed by atoms with Crippen LogP contribution in [0.4, 0.5) is 0 Å². The van der Waals surface area contributed by atoms with Crippen molar-refractivity contribution in [2.75, 3.05) is 13.4 Å². The fourth-order valence-corrected chi connectivity index (χ4v) is 3.18. The summed E-state index contributed by atoms with van der Waals surface area (Å²) in [7, 11) is -1.58. The van der Waals surface area contributed by atoms with E-state index in [0.29, 0.717) is 23.2 Å². The molecule has 1 aromatic heterocycles. The van der Waals surface area contributed by atoms with Crippen LogP contribution in [-0.4, -0.2) is 31.9 Å². The van der Waals surface area contributed by atoms with Crippen LogP contribution < -0.4 is 10.1 Å². The van der Waals surface area contributed by atoms with Gasteiger partial charge < -0.3 is 14.6 Å². The molecule has 0 spiro atoms. The zero-order valence-electron chi connectivity index (χ0n) is 15.3. The van der Waals surface area contributed by atoms with E-state index in [2.05, 4.69) is 15.5 Å². The van der Waals surface area contributed by atoms with E-state index >= 15 is 0 Å². The summed E-state index contributed by atoms with van der Waals surface area (Å²) in [6, 6.07) is 14.2. The van der Waals surface area contributed by atoms with Crippen LogP contribution in [0.25, 0.3) is 11.4 Å². The molecule has 27 heavy (non-hydrogen) atoms. The monoisotopic (exact) mass is 387 g/mol. The Hall–Kier alpha value is -2.71. The number of nitrogens with one attached hydrogen (secondary N) is 1. The summed E-state index contributed by atoms with van der Waals surface area (Å²) in [5, 5.41) is 7.29. The number of methoxy groups -OCH3 is 1. The lowest BCUT2D eigenvalue weighted by atomic mass is 10.1. The van der Waals surface area contributed by atoms with E-state index in [4.69, 9.17) is 9.26 Å². The Balaban J connectivity index is 1.62. The lowest BCUT2D eigenvalue weighted by Gasteiger charge is -2.13. The van der Waals surface area contributed by atoms with Crippen LogP contribution in [0.15, 0.2) is 57.9 Å². The van der Waals surface area contributed by atoms with Gasteiger partial charge in [0.15, 0.2) is 9.84 Å². The summed E-state index contributed by atoms with van der Waals surface area (Å²) in [6.07, 6.45) is 1.19. The van der Waals surface area contributed by atoms with E-state index in [1.54, 1.807) is 31.4 Å². The Labute approximate surface area is 158 Å². The highest BCUT2D eigenvalue weighted by Crippen LogP contribution is 2.20. The number of ether oxygens (including phenoxy) is 1. The molecule has 0 aliphatic rings. The minimum Gasteiger partial charge on any atom is -0.497 e. The predicted molar refractivity (Wildman–Crippen MR) is 101 cm³/mol. The lowest BCUT2D eigenvalue weighted by Crippen LogP contribution is -2.18. The summed E-state index contributed by atoms with van der Waals surface area (Å²) in [6.45, 7) is 2.38. The Bertz CT molecular complexity index is 996. The Kier molecular flexibility index (Phi) is 5.57. The third kappa shape index (κ3) is 4.72. The van der Waals surface area contributed by atoms with Crippen LogP contribution in [-0.2, 0) is 16.4 Å². The van der Waals surface area contributed by atoms with Gasteiger partial charge in [0.25, 0.3) is 0 Å². The summed E-state index contributed by atoms with van der Waals surface area (Å²) in [4.78, 5) is 4.69. The van der Waals surface area contributed by atoms with E-state index in [1.165, 1.54) is 6.26 Å². The molecule has 2 aromatic carbocycles. The number of sulfone groups is 1. The summed E-state index contributed by atoms with van der Waals surface area (Å²) < 4.78 is 33.5. The Morgan fingerprint density at radius 1 is 1.11 bits per heavy atom. The molecule has 1 heterocycles. The molecule has 0 radical (unpaired) electrons. The minimum atomic E-state index is -3.19. The highest BCUT2D eigenvalue weighted by atomic mass is 32.2. The Morgan fingerprint density at radius 2 is 1.78 bits per heavy atom. The molecule has 1 atom stereocenters. The molecule has 1 N–H and O–H groups in total. The van der Waals surface area contributed by atoms with Crippen LogP contribution in [0.3, 0.4) is 0 Å². The Morgan fingerprint density at radius 3 is 2.37 bits per heavy atom. The van der Waals surface area contributed by atoms with Gasteiger partial charge in [0, 0.05) is 17.9 Å². The normalized spacial score (nSPS) is 12.7. The van der Waals surface area contributed by atoms with Gasteiger partial charge in [-0.25, -0.2) is 8.42 Å². The molecular formula is C19H21N3O4S. The van der Waals surface area contributed by atoms with Gasteiger partial charge in [-0.05, 0) is 48.9 Å². The quantitative estimate of drug-likeness (QED) is 0.666. The molecule has 0 saturated carbocycles. The molecule has 142 valence electrons. The first-order chi connectivity index (χ1) is 12.9. The van der Waals surface area contributed by atoms with Crippen LogP contribution in [0.2, 0.25) is 0 Å². The topological polar surface area (TPSA) is 94.3 Å².